The van der Waals surface area contributed by atoms with Crippen molar-refractivity contribution in [1.29, 1.82) is 0 Å². The van der Waals surface area contributed by atoms with Crippen molar-refractivity contribution in [2.45, 2.75) is 25.3 Å². The monoisotopic (exact) mass is 397 g/mol. The van der Waals surface area contributed by atoms with Gasteiger partial charge in [0.15, 0.2) is 6.61 Å². The van der Waals surface area contributed by atoms with E-state index in [1.165, 1.54) is 0 Å². The zero-order valence-electron chi connectivity index (χ0n) is 15.3. The van der Waals surface area contributed by atoms with Crippen molar-refractivity contribution >= 4 is 17.5 Å². The highest BCUT2D eigenvalue weighted by molar-refractivity contribution is 6.30. The second-order valence-corrected chi connectivity index (χ2v) is 7.10. The number of carbonyl (C=O) groups is 1. The fraction of sp³-hybridized carbons (Fsp3) is 0.286. The third-order valence-electron chi connectivity index (χ3n) is 4.74. The summed E-state index contributed by atoms with van der Waals surface area (Å²) in [5, 5.41) is 4.68. The van der Waals surface area contributed by atoms with Crippen molar-refractivity contribution in [2.75, 3.05) is 13.2 Å². The van der Waals surface area contributed by atoms with Crippen LogP contribution in [0.3, 0.4) is 0 Å². The lowest BCUT2D eigenvalue weighted by Crippen LogP contribution is -2.41. The number of hydrogen-bond acceptors (Lipinski definition) is 5. The van der Waals surface area contributed by atoms with E-state index < -0.39 is 0 Å². The molecule has 28 heavy (non-hydrogen) atoms. The summed E-state index contributed by atoms with van der Waals surface area (Å²) in [5.41, 5.74) is 0.781. The van der Waals surface area contributed by atoms with E-state index >= 15 is 0 Å². The smallest absolute Gasteiger partial charge is 0.261 e. The van der Waals surface area contributed by atoms with Crippen LogP contribution in [-0.4, -0.2) is 34.1 Å². The van der Waals surface area contributed by atoms with Crippen LogP contribution < -0.4 is 4.74 Å². The van der Waals surface area contributed by atoms with Gasteiger partial charge in [-0.2, -0.15) is 4.98 Å². The molecule has 0 bridgehead atoms. The molecule has 2 aromatic carbocycles. The highest BCUT2D eigenvalue weighted by Crippen LogP contribution is 2.31. The largest absolute Gasteiger partial charge is 0.484 e. The quantitative estimate of drug-likeness (QED) is 0.633. The number of likely N-dealkylation sites (tertiary alicyclic amines) is 1. The average molecular weight is 398 g/mol. The van der Waals surface area contributed by atoms with Gasteiger partial charge in [-0.25, -0.2) is 0 Å². The van der Waals surface area contributed by atoms with Crippen molar-refractivity contribution in [3.8, 4) is 17.1 Å². The van der Waals surface area contributed by atoms with Gasteiger partial charge in [0.2, 0.25) is 11.7 Å². The summed E-state index contributed by atoms with van der Waals surface area (Å²) in [5.74, 6) is 1.50. The molecule has 0 unspecified atom stereocenters. The third kappa shape index (κ3) is 4.17. The summed E-state index contributed by atoms with van der Waals surface area (Å²) in [6.07, 6.45) is 2.74. The fourth-order valence-corrected chi connectivity index (χ4v) is 3.54. The van der Waals surface area contributed by atoms with Crippen LogP contribution >= 0.6 is 11.6 Å². The van der Waals surface area contributed by atoms with Crippen LogP contribution in [0.4, 0.5) is 0 Å². The summed E-state index contributed by atoms with van der Waals surface area (Å²) in [6, 6.07) is 16.4. The first-order valence-electron chi connectivity index (χ1n) is 9.27. The minimum absolute atomic E-state index is 0.0181. The number of benzene rings is 2. The summed E-state index contributed by atoms with van der Waals surface area (Å²) in [6.45, 7) is 0.631. The van der Waals surface area contributed by atoms with Crippen LogP contribution in [0.1, 0.15) is 31.2 Å². The van der Waals surface area contributed by atoms with E-state index in [9.17, 15) is 4.79 Å². The van der Waals surface area contributed by atoms with E-state index in [-0.39, 0.29) is 18.6 Å². The van der Waals surface area contributed by atoms with E-state index in [1.54, 1.807) is 17.0 Å². The van der Waals surface area contributed by atoms with Crippen LogP contribution in [0, 0.1) is 0 Å². The van der Waals surface area contributed by atoms with Crippen LogP contribution in [0.2, 0.25) is 5.02 Å². The van der Waals surface area contributed by atoms with Crippen LogP contribution in [0.25, 0.3) is 11.4 Å². The Balaban J connectivity index is 1.48. The molecule has 1 amide bonds. The Bertz CT molecular complexity index is 945. The maximum atomic E-state index is 12.8. The molecule has 0 aliphatic carbocycles. The molecule has 0 radical (unpaired) electrons. The Morgan fingerprint density at radius 1 is 1.18 bits per heavy atom. The maximum absolute atomic E-state index is 12.8. The summed E-state index contributed by atoms with van der Waals surface area (Å²) in [7, 11) is 0. The zero-order chi connectivity index (χ0) is 19.3. The molecule has 2 heterocycles. The van der Waals surface area contributed by atoms with Crippen molar-refractivity contribution < 1.29 is 14.1 Å². The molecule has 3 aromatic rings. The van der Waals surface area contributed by atoms with E-state index in [2.05, 4.69) is 10.1 Å². The Morgan fingerprint density at radius 3 is 2.86 bits per heavy atom. The SMILES string of the molecule is O=C(COc1ccccc1)N1CCCC[C@H]1c1nc(-c2cccc(Cl)c2)no1. The first kappa shape index (κ1) is 18.5. The molecule has 0 spiro atoms. The highest BCUT2D eigenvalue weighted by Gasteiger charge is 2.32. The molecule has 1 saturated heterocycles. The van der Waals surface area contributed by atoms with Gasteiger partial charge in [0.25, 0.3) is 5.91 Å². The van der Waals surface area contributed by atoms with Crippen molar-refractivity contribution in [1.82, 2.24) is 15.0 Å². The van der Waals surface area contributed by atoms with Crippen molar-refractivity contribution in [3.05, 3.63) is 65.5 Å². The Kier molecular flexibility index (Phi) is 5.58. The van der Waals surface area contributed by atoms with Crippen molar-refractivity contribution in [3.63, 3.8) is 0 Å². The van der Waals surface area contributed by atoms with Gasteiger partial charge in [-0.1, -0.05) is 47.1 Å². The van der Waals surface area contributed by atoms with Crippen LogP contribution in [-0.2, 0) is 4.79 Å². The van der Waals surface area contributed by atoms with Gasteiger partial charge >= 0.3 is 0 Å². The number of nitrogens with zero attached hydrogens (tertiary/aromatic N) is 3. The summed E-state index contributed by atoms with van der Waals surface area (Å²) >= 11 is 6.05. The van der Waals surface area contributed by atoms with Crippen molar-refractivity contribution in [2.24, 2.45) is 0 Å². The molecule has 1 aromatic heterocycles. The molecule has 6 nitrogen and oxygen atoms in total. The van der Waals surface area contributed by atoms with E-state index in [4.69, 9.17) is 20.9 Å². The molecular formula is C21H20ClN3O3. The predicted molar refractivity (Wildman–Crippen MR) is 105 cm³/mol. The fourth-order valence-electron chi connectivity index (χ4n) is 3.35. The molecule has 1 atom stereocenters. The number of amides is 1. The molecule has 1 aliphatic heterocycles. The van der Waals surface area contributed by atoms with Crippen LogP contribution in [0.15, 0.2) is 59.1 Å². The molecule has 4 rings (SSSR count). The number of ether oxygens (including phenoxy) is 1. The Hall–Kier alpha value is -2.86. The van der Waals surface area contributed by atoms with Gasteiger partial charge in [-0.05, 0) is 43.5 Å². The Labute approximate surface area is 168 Å². The lowest BCUT2D eigenvalue weighted by molar-refractivity contribution is -0.138. The lowest BCUT2D eigenvalue weighted by Gasteiger charge is -2.33. The summed E-state index contributed by atoms with van der Waals surface area (Å²) < 4.78 is 11.1. The number of aromatic nitrogens is 2. The molecule has 1 fully saturated rings. The maximum Gasteiger partial charge on any atom is 0.261 e. The number of carbonyl (C=O) groups excluding carboxylic acids is 1. The minimum atomic E-state index is -0.235. The van der Waals surface area contributed by atoms with Gasteiger partial charge in [-0.3, -0.25) is 4.79 Å². The third-order valence-corrected chi connectivity index (χ3v) is 4.97. The predicted octanol–water partition coefficient (Wildman–Crippen LogP) is 4.52. The second kappa shape index (κ2) is 8.44. The van der Waals surface area contributed by atoms with E-state index in [1.807, 2.05) is 42.5 Å². The van der Waals surface area contributed by atoms with Crippen LogP contribution in [0.5, 0.6) is 5.75 Å². The molecule has 0 saturated carbocycles. The number of rotatable bonds is 5. The number of piperidine rings is 1. The number of halogens is 1. The van der Waals surface area contributed by atoms with Gasteiger partial charge in [-0.15, -0.1) is 0 Å². The molecule has 144 valence electrons. The standard InChI is InChI=1S/C21H20ClN3O3/c22-16-8-6-7-15(13-16)20-23-21(28-24-20)18-11-4-5-12-25(18)19(26)14-27-17-9-2-1-3-10-17/h1-3,6-10,13,18H,4-5,11-12,14H2/t18-/m0/s1. The summed E-state index contributed by atoms with van der Waals surface area (Å²) in [4.78, 5) is 19.1. The number of hydrogen-bond donors (Lipinski definition) is 0. The van der Waals surface area contributed by atoms with E-state index in [0.717, 1.165) is 24.8 Å². The van der Waals surface area contributed by atoms with Gasteiger partial charge in [0.05, 0.1) is 0 Å². The molecule has 7 heteroatoms. The molecular weight excluding hydrogens is 378 g/mol. The zero-order valence-corrected chi connectivity index (χ0v) is 16.0. The topological polar surface area (TPSA) is 68.5 Å². The number of para-hydroxylation sites is 1. The second-order valence-electron chi connectivity index (χ2n) is 6.67. The lowest BCUT2D eigenvalue weighted by atomic mass is 10.0. The first-order chi connectivity index (χ1) is 13.7. The molecule has 0 N–H and O–H groups in total. The normalized spacial score (nSPS) is 16.8. The first-order valence-corrected chi connectivity index (χ1v) is 9.65. The van der Waals surface area contributed by atoms with Gasteiger partial charge in [0, 0.05) is 17.1 Å². The van der Waals surface area contributed by atoms with Gasteiger partial charge in [0.1, 0.15) is 11.8 Å². The minimum Gasteiger partial charge on any atom is -0.484 e. The highest BCUT2D eigenvalue weighted by atomic mass is 35.5. The molecule has 1 aliphatic rings. The average Bonchev–Trinajstić information content (AvgIpc) is 3.23. The van der Waals surface area contributed by atoms with Gasteiger partial charge < -0.3 is 14.2 Å². The van der Waals surface area contributed by atoms with E-state index in [0.29, 0.717) is 29.0 Å². The Morgan fingerprint density at radius 2 is 2.04 bits per heavy atom.